The van der Waals surface area contributed by atoms with Crippen LogP contribution in [0.2, 0.25) is 0 Å². The Bertz CT molecular complexity index is 802. The third kappa shape index (κ3) is 4.39. The Kier molecular flexibility index (Phi) is 4.81. The molecule has 0 bridgehead atoms. The van der Waals surface area contributed by atoms with Crippen molar-refractivity contribution in [3.63, 3.8) is 0 Å². The average molecular weight is 321 g/mol. The van der Waals surface area contributed by atoms with Crippen molar-refractivity contribution in [1.82, 2.24) is 4.98 Å². The molecule has 2 aromatic carbocycles. The van der Waals surface area contributed by atoms with Crippen molar-refractivity contribution in [3.8, 4) is 0 Å². The fourth-order valence-corrected chi connectivity index (χ4v) is 2.21. The van der Waals surface area contributed by atoms with E-state index in [1.165, 1.54) is 12.1 Å². The van der Waals surface area contributed by atoms with Crippen LogP contribution in [0.1, 0.15) is 5.56 Å². The maximum absolute atomic E-state index is 12.9. The van der Waals surface area contributed by atoms with E-state index in [1.54, 1.807) is 30.5 Å². The second-order valence-electron chi connectivity index (χ2n) is 5.27. The van der Waals surface area contributed by atoms with E-state index in [2.05, 4.69) is 15.6 Å². The smallest absolute Gasteiger partial charge is 0.229 e. The number of aromatic nitrogens is 1. The van der Waals surface area contributed by atoms with Crippen molar-refractivity contribution in [1.29, 1.82) is 0 Å². The van der Waals surface area contributed by atoms with Crippen LogP contribution in [0, 0.1) is 5.82 Å². The highest BCUT2D eigenvalue weighted by molar-refractivity contribution is 5.91. The Morgan fingerprint density at radius 1 is 0.917 bits per heavy atom. The van der Waals surface area contributed by atoms with Gasteiger partial charge in [0.2, 0.25) is 5.91 Å². The first-order valence-corrected chi connectivity index (χ1v) is 7.51. The molecular weight excluding hydrogens is 305 g/mol. The minimum Gasteiger partial charge on any atom is -0.354 e. The van der Waals surface area contributed by atoms with Crippen molar-refractivity contribution in [2.75, 3.05) is 10.6 Å². The predicted octanol–water partition coefficient (Wildman–Crippen LogP) is 4.15. The van der Waals surface area contributed by atoms with Gasteiger partial charge in [-0.05, 0) is 42.0 Å². The normalized spacial score (nSPS) is 10.2. The van der Waals surface area contributed by atoms with Gasteiger partial charge in [0, 0.05) is 5.69 Å². The second kappa shape index (κ2) is 7.37. The second-order valence-corrected chi connectivity index (χ2v) is 5.27. The molecule has 0 unspecified atom stereocenters. The van der Waals surface area contributed by atoms with Gasteiger partial charge in [-0.25, -0.2) is 9.37 Å². The summed E-state index contributed by atoms with van der Waals surface area (Å²) in [6, 6.07) is 19.1. The summed E-state index contributed by atoms with van der Waals surface area (Å²) in [5.41, 5.74) is 2.46. The van der Waals surface area contributed by atoms with E-state index in [9.17, 15) is 9.18 Å². The van der Waals surface area contributed by atoms with Crippen LogP contribution in [0.4, 0.5) is 21.6 Å². The zero-order valence-electron chi connectivity index (χ0n) is 12.9. The quantitative estimate of drug-likeness (QED) is 0.742. The Morgan fingerprint density at radius 3 is 2.29 bits per heavy atom. The lowest BCUT2D eigenvalue weighted by atomic mass is 10.1. The highest BCUT2D eigenvalue weighted by Crippen LogP contribution is 2.17. The number of amides is 1. The third-order valence-corrected chi connectivity index (χ3v) is 3.37. The monoisotopic (exact) mass is 321 g/mol. The first-order chi connectivity index (χ1) is 11.7. The van der Waals surface area contributed by atoms with E-state index >= 15 is 0 Å². The molecule has 0 saturated heterocycles. The molecule has 1 aromatic heterocycles. The number of nitrogens with one attached hydrogen (secondary N) is 2. The molecule has 0 radical (unpaired) electrons. The third-order valence-electron chi connectivity index (χ3n) is 3.37. The Balaban J connectivity index is 1.58. The van der Waals surface area contributed by atoms with Gasteiger partial charge in [-0.3, -0.25) is 4.79 Å². The van der Waals surface area contributed by atoms with Gasteiger partial charge in [-0.2, -0.15) is 0 Å². The van der Waals surface area contributed by atoms with E-state index in [0.717, 1.165) is 16.9 Å². The van der Waals surface area contributed by atoms with Gasteiger partial charge in [-0.15, -0.1) is 0 Å². The number of benzene rings is 2. The van der Waals surface area contributed by atoms with E-state index in [0.29, 0.717) is 12.2 Å². The molecule has 0 atom stereocenters. The summed E-state index contributed by atoms with van der Waals surface area (Å²) in [6.45, 7) is 0. The van der Waals surface area contributed by atoms with Crippen molar-refractivity contribution in [2.24, 2.45) is 0 Å². The zero-order valence-corrected chi connectivity index (χ0v) is 12.9. The summed E-state index contributed by atoms with van der Waals surface area (Å²) in [6.07, 6.45) is 1.92. The number of halogens is 1. The Morgan fingerprint density at radius 2 is 1.62 bits per heavy atom. The fraction of sp³-hybridized carbons (Fsp3) is 0.0526. The summed E-state index contributed by atoms with van der Waals surface area (Å²) in [5, 5.41) is 5.87. The molecule has 3 aromatic rings. The summed E-state index contributed by atoms with van der Waals surface area (Å²) in [5.74, 6) is 0.0867. The molecule has 4 nitrogen and oxygen atoms in total. The fourth-order valence-electron chi connectivity index (χ4n) is 2.21. The van der Waals surface area contributed by atoms with Crippen LogP contribution in [-0.2, 0) is 11.2 Å². The van der Waals surface area contributed by atoms with Gasteiger partial charge in [0.05, 0.1) is 18.3 Å². The van der Waals surface area contributed by atoms with E-state index in [1.807, 2.05) is 30.3 Å². The van der Waals surface area contributed by atoms with E-state index in [-0.39, 0.29) is 11.7 Å². The Labute approximate surface area is 139 Å². The maximum atomic E-state index is 12.9. The van der Waals surface area contributed by atoms with Gasteiger partial charge in [0.1, 0.15) is 11.6 Å². The largest absolute Gasteiger partial charge is 0.354 e. The lowest BCUT2D eigenvalue weighted by Gasteiger charge is -2.08. The molecule has 0 aliphatic carbocycles. The standard InChI is InChI=1S/C19H16FN3O/c20-15-6-8-16(9-7-15)22-17-10-11-18(21-13-17)23-19(24)12-14-4-2-1-3-5-14/h1-11,13,22H,12H2,(H,21,23,24). The molecule has 0 aliphatic heterocycles. The first kappa shape index (κ1) is 15.7. The van der Waals surface area contributed by atoms with Crippen molar-refractivity contribution >= 4 is 23.1 Å². The number of hydrogen-bond donors (Lipinski definition) is 2. The minimum atomic E-state index is -0.282. The average Bonchev–Trinajstić information content (AvgIpc) is 2.59. The number of anilines is 3. The minimum absolute atomic E-state index is 0.118. The van der Waals surface area contributed by atoms with Crippen molar-refractivity contribution < 1.29 is 9.18 Å². The van der Waals surface area contributed by atoms with Gasteiger partial charge in [0.25, 0.3) is 0 Å². The predicted molar refractivity (Wildman–Crippen MR) is 92.7 cm³/mol. The van der Waals surface area contributed by atoms with E-state index < -0.39 is 0 Å². The summed E-state index contributed by atoms with van der Waals surface area (Å²) in [7, 11) is 0. The van der Waals surface area contributed by atoms with Gasteiger partial charge < -0.3 is 10.6 Å². The number of rotatable bonds is 5. The number of hydrogen-bond acceptors (Lipinski definition) is 3. The molecule has 0 saturated carbocycles. The van der Waals surface area contributed by atoms with Crippen LogP contribution in [-0.4, -0.2) is 10.9 Å². The van der Waals surface area contributed by atoms with Crippen molar-refractivity contribution in [2.45, 2.75) is 6.42 Å². The van der Waals surface area contributed by atoms with Crippen LogP contribution < -0.4 is 10.6 Å². The zero-order chi connectivity index (χ0) is 16.8. The van der Waals surface area contributed by atoms with Crippen molar-refractivity contribution in [3.05, 3.63) is 84.3 Å². The molecule has 2 N–H and O–H groups in total. The number of carbonyl (C=O) groups is 1. The van der Waals surface area contributed by atoms with Crippen LogP contribution >= 0.6 is 0 Å². The van der Waals surface area contributed by atoms with Crippen LogP contribution in [0.5, 0.6) is 0 Å². The lowest BCUT2D eigenvalue weighted by molar-refractivity contribution is -0.115. The van der Waals surface area contributed by atoms with Gasteiger partial charge in [-0.1, -0.05) is 30.3 Å². The molecule has 5 heteroatoms. The highest BCUT2D eigenvalue weighted by atomic mass is 19.1. The SMILES string of the molecule is O=C(Cc1ccccc1)Nc1ccc(Nc2ccc(F)cc2)cn1. The van der Waals surface area contributed by atoms with Gasteiger partial charge >= 0.3 is 0 Å². The van der Waals surface area contributed by atoms with Crippen LogP contribution in [0.15, 0.2) is 72.9 Å². The molecule has 120 valence electrons. The molecule has 24 heavy (non-hydrogen) atoms. The summed E-state index contributed by atoms with van der Waals surface area (Å²) in [4.78, 5) is 16.2. The summed E-state index contributed by atoms with van der Waals surface area (Å²) >= 11 is 0. The summed E-state index contributed by atoms with van der Waals surface area (Å²) < 4.78 is 12.9. The molecule has 1 amide bonds. The topological polar surface area (TPSA) is 54.0 Å². The van der Waals surface area contributed by atoms with Crippen LogP contribution in [0.25, 0.3) is 0 Å². The maximum Gasteiger partial charge on any atom is 0.229 e. The number of nitrogens with zero attached hydrogens (tertiary/aromatic N) is 1. The van der Waals surface area contributed by atoms with Gasteiger partial charge in [0.15, 0.2) is 0 Å². The lowest BCUT2D eigenvalue weighted by Crippen LogP contribution is -2.15. The number of carbonyl (C=O) groups excluding carboxylic acids is 1. The molecule has 0 aliphatic rings. The first-order valence-electron chi connectivity index (χ1n) is 7.51. The molecule has 1 heterocycles. The molecule has 0 spiro atoms. The molecule has 0 fully saturated rings. The number of pyridine rings is 1. The van der Waals surface area contributed by atoms with Crippen LogP contribution in [0.3, 0.4) is 0 Å². The highest BCUT2D eigenvalue weighted by Gasteiger charge is 2.05. The molecular formula is C19H16FN3O. The van der Waals surface area contributed by atoms with E-state index in [4.69, 9.17) is 0 Å². The Hall–Kier alpha value is -3.21. The molecule has 3 rings (SSSR count).